The van der Waals surface area contributed by atoms with E-state index >= 15 is 0 Å². The van der Waals surface area contributed by atoms with Gasteiger partial charge in [0.1, 0.15) is 12.2 Å². The summed E-state index contributed by atoms with van der Waals surface area (Å²) >= 11 is 0. The molecule has 0 aromatic carbocycles. The number of Topliss-reactive ketones (excluding diaryl/α,β-unsaturated/α-hetero) is 1. The molecule has 0 aromatic rings. The van der Waals surface area contributed by atoms with Crippen molar-refractivity contribution in [1.82, 2.24) is 5.32 Å². The third-order valence-corrected chi connectivity index (χ3v) is 6.39. The molecule has 0 amide bonds. The normalized spacial score (nSPS) is 33.9. The van der Waals surface area contributed by atoms with Crippen molar-refractivity contribution in [1.29, 1.82) is 0 Å². The van der Waals surface area contributed by atoms with Gasteiger partial charge in [0.25, 0.3) is 0 Å². The number of fused-ring (bicyclic) bond motifs is 2. The van der Waals surface area contributed by atoms with Crippen molar-refractivity contribution in [2.24, 2.45) is 22.7 Å². The van der Waals surface area contributed by atoms with Crippen LogP contribution in [0.5, 0.6) is 0 Å². The van der Waals surface area contributed by atoms with Gasteiger partial charge in [-0.1, -0.05) is 32.1 Å². The lowest BCUT2D eigenvalue weighted by molar-refractivity contribution is -0.116. The van der Waals surface area contributed by atoms with E-state index < -0.39 is 30.2 Å². The first-order valence-electron chi connectivity index (χ1n) is 11.9. The number of aliphatic hydroxyl groups is 1. The number of allylic oxidation sites excluding steroid dienone is 4. The maximum absolute atomic E-state index is 13.0. The van der Waals surface area contributed by atoms with Crippen molar-refractivity contribution in [3.8, 4) is 0 Å². The second kappa shape index (κ2) is 14.0. The van der Waals surface area contributed by atoms with Crippen molar-refractivity contribution in [2.45, 2.75) is 58.0 Å². The monoisotopic (exact) mass is 503 g/mol. The summed E-state index contributed by atoms with van der Waals surface area (Å²) < 4.78 is 16.8. The van der Waals surface area contributed by atoms with Crippen LogP contribution in [0.3, 0.4) is 0 Å². The van der Waals surface area contributed by atoms with Crippen molar-refractivity contribution in [2.75, 3.05) is 21.0 Å². The van der Waals surface area contributed by atoms with E-state index in [9.17, 15) is 19.6 Å². The van der Waals surface area contributed by atoms with Crippen LogP contribution in [0.1, 0.15) is 33.6 Å². The summed E-state index contributed by atoms with van der Waals surface area (Å²) in [6.07, 6.45) is 7.69. The zero-order chi connectivity index (χ0) is 26.8. The smallest absolute Gasteiger partial charge is 0.207 e. The maximum atomic E-state index is 13.0. The lowest BCUT2D eigenvalue weighted by Crippen LogP contribution is -2.36. The molecule has 1 aliphatic carbocycles. The molecule has 0 fully saturated rings. The molecule has 2 aliphatic rings. The number of nitrogens with one attached hydrogen (secondary N) is 1. The lowest BCUT2D eigenvalue weighted by Gasteiger charge is -2.30. The van der Waals surface area contributed by atoms with E-state index in [1.54, 1.807) is 18.2 Å². The molecule has 2 rings (SSSR count). The fraction of sp³-hybridized carbons (Fsp3) is 0.538. The lowest BCUT2D eigenvalue weighted by atomic mass is 9.85. The van der Waals surface area contributed by atoms with E-state index in [-0.39, 0.29) is 47.7 Å². The SMILES string of the molecule is COC1/C=C\C=C\NC2=CC(=O)C(N)=C(CC(C)CC(OC)C(O)C(C)/C=C(\C)C1OCN=O)C2=O. The number of carbonyl (C=O) groups excluding carboxylic acids is 2. The van der Waals surface area contributed by atoms with Crippen LogP contribution in [0.2, 0.25) is 0 Å². The first-order valence-corrected chi connectivity index (χ1v) is 11.9. The number of nitrogens with zero attached hydrogens (tertiary/aromatic N) is 1. The highest BCUT2D eigenvalue weighted by atomic mass is 16.5. The number of nitroso groups, excluding NO2 is 1. The Morgan fingerprint density at radius 3 is 2.56 bits per heavy atom. The van der Waals surface area contributed by atoms with E-state index in [1.165, 1.54) is 26.5 Å². The molecule has 10 nitrogen and oxygen atoms in total. The van der Waals surface area contributed by atoms with Crippen molar-refractivity contribution in [3.05, 3.63) is 64.0 Å². The van der Waals surface area contributed by atoms with E-state index in [1.807, 2.05) is 26.8 Å². The van der Waals surface area contributed by atoms with Gasteiger partial charge in [-0.15, -0.1) is 4.91 Å². The summed E-state index contributed by atoms with van der Waals surface area (Å²) in [6.45, 7) is 5.24. The molecule has 10 heteroatoms. The molecule has 1 heterocycles. The molecule has 0 aromatic heterocycles. The van der Waals surface area contributed by atoms with Crippen LogP contribution in [0.25, 0.3) is 0 Å². The molecule has 6 unspecified atom stereocenters. The standard InChI is InChI=1S/C26H37N3O7/c1-15-10-18-23(27)20(30)13-19(25(18)32)28-9-7-6-8-21(34-4)26(36-14-29-33)17(3)12-16(2)24(31)22(11-15)35-5/h6-9,12-13,15-16,21-22,24,26,28,31H,10-11,14,27H2,1-5H3/b8-6-,9-7+,17-12+. The van der Waals surface area contributed by atoms with Gasteiger partial charge in [-0.3, -0.25) is 9.59 Å². The highest BCUT2D eigenvalue weighted by Gasteiger charge is 2.31. The predicted molar refractivity (Wildman–Crippen MR) is 135 cm³/mol. The summed E-state index contributed by atoms with van der Waals surface area (Å²) in [6, 6.07) is 0. The van der Waals surface area contributed by atoms with Gasteiger partial charge >= 0.3 is 0 Å². The molecule has 4 N–H and O–H groups in total. The average molecular weight is 504 g/mol. The van der Waals surface area contributed by atoms with Crippen LogP contribution in [0.15, 0.2) is 64.3 Å². The number of ether oxygens (including phenoxy) is 3. The molecule has 1 aliphatic heterocycles. The summed E-state index contributed by atoms with van der Waals surface area (Å²) in [4.78, 5) is 36.2. The quantitative estimate of drug-likeness (QED) is 0.292. The number of carbonyl (C=O) groups is 2. The third kappa shape index (κ3) is 7.54. The first kappa shape index (κ1) is 29.3. The Hall–Kier alpha value is -2.92. The summed E-state index contributed by atoms with van der Waals surface area (Å²) in [5, 5.41) is 16.7. The zero-order valence-electron chi connectivity index (χ0n) is 21.5. The Bertz CT molecular complexity index is 967. The zero-order valence-corrected chi connectivity index (χ0v) is 21.5. The molecular formula is C26H37N3O7. The highest BCUT2D eigenvalue weighted by molar-refractivity contribution is 6.22. The Morgan fingerprint density at radius 2 is 1.92 bits per heavy atom. The van der Waals surface area contributed by atoms with Crippen LogP contribution in [0.4, 0.5) is 0 Å². The van der Waals surface area contributed by atoms with Gasteiger partial charge < -0.3 is 30.4 Å². The van der Waals surface area contributed by atoms with Crippen LogP contribution >= 0.6 is 0 Å². The third-order valence-electron chi connectivity index (χ3n) is 6.39. The number of methoxy groups -OCH3 is 2. The van der Waals surface area contributed by atoms with Gasteiger partial charge in [0.05, 0.1) is 23.6 Å². The van der Waals surface area contributed by atoms with E-state index in [2.05, 4.69) is 10.5 Å². The minimum Gasteiger partial charge on any atom is -0.395 e. The number of hydrogen-bond donors (Lipinski definition) is 3. The first-order chi connectivity index (χ1) is 17.1. The minimum atomic E-state index is -0.872. The van der Waals surface area contributed by atoms with Gasteiger partial charge in [-0.05, 0) is 42.5 Å². The predicted octanol–water partition coefficient (Wildman–Crippen LogP) is 2.41. The topological polar surface area (TPSA) is 150 Å². The Morgan fingerprint density at radius 1 is 1.19 bits per heavy atom. The summed E-state index contributed by atoms with van der Waals surface area (Å²) in [5.41, 5.74) is 7.05. The molecular weight excluding hydrogens is 466 g/mol. The number of rotatable bonds is 5. The van der Waals surface area contributed by atoms with Crippen molar-refractivity contribution < 1.29 is 28.9 Å². The number of ketones is 2. The fourth-order valence-electron chi connectivity index (χ4n) is 4.43. The Kier molecular flexibility index (Phi) is 11.4. The Labute approximate surface area is 211 Å². The number of hydrogen-bond acceptors (Lipinski definition) is 10. The van der Waals surface area contributed by atoms with Gasteiger partial charge in [0.15, 0.2) is 6.73 Å². The number of aliphatic hydroxyl groups excluding tert-OH is 1. The van der Waals surface area contributed by atoms with Crippen LogP contribution in [0, 0.1) is 16.7 Å². The van der Waals surface area contributed by atoms with Gasteiger partial charge in [0.2, 0.25) is 11.6 Å². The molecule has 2 bridgehead atoms. The summed E-state index contributed by atoms with van der Waals surface area (Å²) in [5.74, 6) is -1.23. The van der Waals surface area contributed by atoms with E-state index in [0.717, 1.165) is 5.57 Å². The molecule has 0 saturated heterocycles. The second-order valence-corrected chi connectivity index (χ2v) is 9.16. The van der Waals surface area contributed by atoms with Crippen LogP contribution in [-0.4, -0.2) is 62.0 Å². The molecule has 0 radical (unpaired) electrons. The second-order valence-electron chi connectivity index (χ2n) is 9.16. The average Bonchev–Trinajstić information content (AvgIpc) is 2.85. The largest absolute Gasteiger partial charge is 0.395 e. The van der Waals surface area contributed by atoms with E-state index in [0.29, 0.717) is 6.42 Å². The summed E-state index contributed by atoms with van der Waals surface area (Å²) in [7, 11) is 3.03. The van der Waals surface area contributed by atoms with Crippen molar-refractivity contribution >= 4 is 11.6 Å². The molecule has 6 atom stereocenters. The van der Waals surface area contributed by atoms with E-state index in [4.69, 9.17) is 19.9 Å². The van der Waals surface area contributed by atoms with Gasteiger partial charge in [-0.25, -0.2) is 0 Å². The molecule has 0 saturated carbocycles. The number of nitrogens with two attached hydrogens (primary N) is 1. The maximum Gasteiger partial charge on any atom is 0.207 e. The Balaban J connectivity index is 2.48. The molecule has 198 valence electrons. The minimum absolute atomic E-state index is 0.0593. The molecule has 36 heavy (non-hydrogen) atoms. The van der Waals surface area contributed by atoms with Crippen LogP contribution < -0.4 is 11.1 Å². The van der Waals surface area contributed by atoms with Gasteiger partial charge in [-0.2, -0.15) is 0 Å². The molecule has 0 spiro atoms. The van der Waals surface area contributed by atoms with Crippen LogP contribution in [-0.2, 0) is 23.8 Å². The highest BCUT2D eigenvalue weighted by Crippen LogP contribution is 2.28. The van der Waals surface area contributed by atoms with Gasteiger partial charge in [0, 0.05) is 38.0 Å². The van der Waals surface area contributed by atoms with Crippen molar-refractivity contribution in [3.63, 3.8) is 0 Å². The fourth-order valence-corrected chi connectivity index (χ4v) is 4.43.